The van der Waals surface area contributed by atoms with Gasteiger partial charge in [-0.3, -0.25) is 0 Å². The second-order valence-corrected chi connectivity index (χ2v) is 6.16. The fraction of sp³-hybridized carbons (Fsp3) is 0.867. The molecule has 1 N–H and O–H groups in total. The van der Waals surface area contributed by atoms with Crippen LogP contribution in [-0.4, -0.2) is 40.6 Å². The van der Waals surface area contributed by atoms with Crippen LogP contribution in [0.1, 0.15) is 39.4 Å². The zero-order valence-electron chi connectivity index (χ0n) is 13.2. The zero-order chi connectivity index (χ0) is 14.5. The Morgan fingerprint density at radius 1 is 1.45 bits per heavy atom. The summed E-state index contributed by atoms with van der Waals surface area (Å²) in [5.41, 5.74) is 0. The van der Waals surface area contributed by atoms with E-state index in [4.69, 9.17) is 4.74 Å². The summed E-state index contributed by atoms with van der Waals surface area (Å²) < 4.78 is 7.78. The van der Waals surface area contributed by atoms with Crippen molar-refractivity contribution < 1.29 is 4.74 Å². The Hall–Kier alpha value is -0.940. The lowest BCUT2D eigenvalue weighted by atomic mass is 10.0. The molecule has 1 aliphatic rings. The van der Waals surface area contributed by atoms with Gasteiger partial charge in [-0.2, -0.15) is 5.10 Å². The van der Waals surface area contributed by atoms with Crippen molar-refractivity contribution in [1.82, 2.24) is 20.1 Å². The molecule has 2 unspecified atom stereocenters. The summed E-state index contributed by atoms with van der Waals surface area (Å²) in [6.07, 6.45) is 5.42. The van der Waals surface area contributed by atoms with Gasteiger partial charge in [0.05, 0.1) is 6.10 Å². The molecule has 0 radical (unpaired) electrons. The molecular weight excluding hydrogens is 252 g/mol. The molecule has 0 aromatic carbocycles. The maximum absolute atomic E-state index is 5.74. The Balaban J connectivity index is 2.05. The number of rotatable bonds is 9. The molecule has 0 saturated heterocycles. The molecule has 0 spiro atoms. The van der Waals surface area contributed by atoms with Gasteiger partial charge in [-0.1, -0.05) is 20.8 Å². The second-order valence-electron chi connectivity index (χ2n) is 6.16. The highest BCUT2D eigenvalue weighted by Crippen LogP contribution is 2.36. The standard InChI is InChI=1S/C15H28N4O/c1-5-16-13(15(20-4)12-6-7-12)8-14-17-10-18-19(14)9-11(2)3/h10-13,15-16H,5-9H2,1-4H3. The summed E-state index contributed by atoms with van der Waals surface area (Å²) in [4.78, 5) is 4.44. The Kier molecular flexibility index (Phi) is 5.54. The average molecular weight is 280 g/mol. The maximum Gasteiger partial charge on any atom is 0.138 e. The van der Waals surface area contributed by atoms with Crippen LogP contribution < -0.4 is 5.32 Å². The molecule has 2 atom stereocenters. The fourth-order valence-corrected chi connectivity index (χ4v) is 2.82. The van der Waals surface area contributed by atoms with E-state index in [0.717, 1.165) is 25.3 Å². The van der Waals surface area contributed by atoms with Crippen LogP contribution in [0.3, 0.4) is 0 Å². The smallest absolute Gasteiger partial charge is 0.138 e. The first-order valence-electron chi connectivity index (χ1n) is 7.78. The number of nitrogens with zero attached hydrogens (tertiary/aromatic N) is 3. The topological polar surface area (TPSA) is 52.0 Å². The third-order valence-corrected chi connectivity index (χ3v) is 3.86. The van der Waals surface area contributed by atoms with Gasteiger partial charge in [0.2, 0.25) is 0 Å². The Morgan fingerprint density at radius 3 is 2.75 bits per heavy atom. The van der Waals surface area contributed by atoms with E-state index in [9.17, 15) is 0 Å². The number of ether oxygens (including phenoxy) is 1. The summed E-state index contributed by atoms with van der Waals surface area (Å²) in [6, 6.07) is 0.326. The van der Waals surface area contributed by atoms with Crippen molar-refractivity contribution in [2.75, 3.05) is 13.7 Å². The lowest BCUT2D eigenvalue weighted by Crippen LogP contribution is -2.44. The molecule has 2 rings (SSSR count). The molecule has 1 fully saturated rings. The number of likely N-dealkylation sites (N-methyl/N-ethyl adjacent to an activating group) is 1. The SMILES string of the molecule is CCNC(Cc1ncnn1CC(C)C)C(OC)C1CC1. The minimum absolute atomic E-state index is 0.291. The molecule has 1 aliphatic carbocycles. The van der Waals surface area contributed by atoms with E-state index >= 15 is 0 Å². The van der Waals surface area contributed by atoms with Gasteiger partial charge in [0.15, 0.2) is 0 Å². The van der Waals surface area contributed by atoms with Crippen molar-refractivity contribution in [2.45, 2.75) is 58.7 Å². The van der Waals surface area contributed by atoms with E-state index in [0.29, 0.717) is 24.0 Å². The minimum Gasteiger partial charge on any atom is -0.380 e. The van der Waals surface area contributed by atoms with E-state index < -0.39 is 0 Å². The van der Waals surface area contributed by atoms with Crippen LogP contribution in [0.4, 0.5) is 0 Å². The van der Waals surface area contributed by atoms with Crippen LogP contribution in [0.5, 0.6) is 0 Å². The number of methoxy groups -OCH3 is 1. The minimum atomic E-state index is 0.291. The van der Waals surface area contributed by atoms with Gasteiger partial charge in [0.1, 0.15) is 12.2 Å². The van der Waals surface area contributed by atoms with Crippen molar-refractivity contribution in [3.63, 3.8) is 0 Å². The van der Waals surface area contributed by atoms with E-state index in [1.165, 1.54) is 12.8 Å². The van der Waals surface area contributed by atoms with Crippen molar-refractivity contribution in [3.8, 4) is 0 Å². The fourth-order valence-electron chi connectivity index (χ4n) is 2.82. The van der Waals surface area contributed by atoms with E-state index in [2.05, 4.69) is 36.2 Å². The van der Waals surface area contributed by atoms with Gasteiger partial charge in [0, 0.05) is 26.1 Å². The van der Waals surface area contributed by atoms with Crippen LogP contribution in [0.25, 0.3) is 0 Å². The van der Waals surface area contributed by atoms with Crippen LogP contribution in [0.2, 0.25) is 0 Å². The summed E-state index contributed by atoms with van der Waals surface area (Å²) in [5, 5.41) is 7.92. The molecule has 0 amide bonds. The van der Waals surface area contributed by atoms with Crippen molar-refractivity contribution in [3.05, 3.63) is 12.2 Å². The molecule has 1 heterocycles. The van der Waals surface area contributed by atoms with Crippen molar-refractivity contribution >= 4 is 0 Å². The summed E-state index contributed by atoms with van der Waals surface area (Å²) in [5.74, 6) is 2.35. The number of aromatic nitrogens is 3. The molecule has 5 heteroatoms. The molecule has 0 bridgehead atoms. The van der Waals surface area contributed by atoms with Crippen LogP contribution >= 0.6 is 0 Å². The van der Waals surface area contributed by atoms with Gasteiger partial charge >= 0.3 is 0 Å². The predicted octanol–water partition coefficient (Wildman–Crippen LogP) is 1.88. The number of hydrogen-bond donors (Lipinski definition) is 1. The van der Waals surface area contributed by atoms with Crippen LogP contribution in [-0.2, 0) is 17.7 Å². The summed E-state index contributed by atoms with van der Waals surface area (Å²) in [6.45, 7) is 8.43. The van der Waals surface area contributed by atoms with E-state index in [1.54, 1.807) is 6.33 Å². The lowest BCUT2D eigenvalue weighted by molar-refractivity contribution is 0.0506. The monoisotopic (exact) mass is 280 g/mol. The molecule has 1 aromatic heterocycles. The van der Waals surface area contributed by atoms with Gasteiger partial charge in [-0.25, -0.2) is 9.67 Å². The number of hydrogen-bond acceptors (Lipinski definition) is 4. The molecule has 1 aromatic rings. The maximum atomic E-state index is 5.74. The van der Waals surface area contributed by atoms with Crippen LogP contribution in [0, 0.1) is 11.8 Å². The first-order chi connectivity index (χ1) is 9.65. The molecule has 1 saturated carbocycles. The third kappa shape index (κ3) is 4.03. The average Bonchev–Trinajstić information content (AvgIpc) is 3.13. The summed E-state index contributed by atoms with van der Waals surface area (Å²) in [7, 11) is 1.83. The van der Waals surface area contributed by atoms with Crippen LogP contribution in [0.15, 0.2) is 6.33 Å². The zero-order valence-corrected chi connectivity index (χ0v) is 13.2. The number of nitrogens with one attached hydrogen (secondary N) is 1. The van der Waals surface area contributed by atoms with E-state index in [1.807, 2.05) is 11.8 Å². The Morgan fingerprint density at radius 2 is 2.20 bits per heavy atom. The third-order valence-electron chi connectivity index (χ3n) is 3.86. The first-order valence-corrected chi connectivity index (χ1v) is 7.78. The summed E-state index contributed by atoms with van der Waals surface area (Å²) >= 11 is 0. The Labute approximate surface area is 122 Å². The highest BCUT2D eigenvalue weighted by molar-refractivity contribution is 4.97. The lowest BCUT2D eigenvalue weighted by Gasteiger charge is -2.26. The van der Waals surface area contributed by atoms with Gasteiger partial charge < -0.3 is 10.1 Å². The molecule has 5 nitrogen and oxygen atoms in total. The van der Waals surface area contributed by atoms with Gasteiger partial charge in [0.25, 0.3) is 0 Å². The van der Waals surface area contributed by atoms with Crippen molar-refractivity contribution in [2.24, 2.45) is 11.8 Å². The molecule has 114 valence electrons. The second kappa shape index (κ2) is 7.18. The first kappa shape index (κ1) is 15.4. The van der Waals surface area contributed by atoms with Gasteiger partial charge in [-0.05, 0) is 31.2 Å². The quantitative estimate of drug-likeness (QED) is 0.750. The van der Waals surface area contributed by atoms with E-state index in [-0.39, 0.29) is 0 Å². The molecule has 20 heavy (non-hydrogen) atoms. The predicted molar refractivity (Wildman–Crippen MR) is 79.5 cm³/mol. The normalized spacial score (nSPS) is 18.4. The largest absolute Gasteiger partial charge is 0.380 e. The Bertz CT molecular complexity index is 400. The van der Waals surface area contributed by atoms with Crippen molar-refractivity contribution in [1.29, 1.82) is 0 Å². The molecular formula is C15H28N4O. The van der Waals surface area contributed by atoms with Gasteiger partial charge in [-0.15, -0.1) is 0 Å². The molecule has 0 aliphatic heterocycles. The highest BCUT2D eigenvalue weighted by Gasteiger charge is 2.37. The highest BCUT2D eigenvalue weighted by atomic mass is 16.5.